The summed E-state index contributed by atoms with van der Waals surface area (Å²) in [4.78, 5) is 0. The van der Waals surface area contributed by atoms with Gasteiger partial charge in [-0.25, -0.2) is 0 Å². The first kappa shape index (κ1) is 15.6. The Hall–Kier alpha value is -0.820. The van der Waals surface area contributed by atoms with Crippen molar-refractivity contribution in [1.82, 2.24) is 5.32 Å². The summed E-state index contributed by atoms with van der Waals surface area (Å²) in [6, 6.07) is 11.1. The molecule has 1 N–H and O–H groups in total. The third-order valence-electron chi connectivity index (χ3n) is 4.94. The van der Waals surface area contributed by atoms with Crippen LogP contribution in [-0.2, 0) is 6.42 Å². The molecule has 1 aliphatic rings. The molecule has 2 rings (SSSR count). The van der Waals surface area contributed by atoms with Crippen molar-refractivity contribution >= 4 is 0 Å². The number of hydrogen-bond donors (Lipinski definition) is 1. The Morgan fingerprint density at radius 2 is 1.85 bits per heavy atom. The van der Waals surface area contributed by atoms with Crippen molar-refractivity contribution < 1.29 is 0 Å². The highest BCUT2D eigenvalue weighted by Gasteiger charge is 2.29. The minimum Gasteiger partial charge on any atom is -0.317 e. The largest absolute Gasteiger partial charge is 0.317 e. The molecule has 3 unspecified atom stereocenters. The van der Waals surface area contributed by atoms with E-state index in [0.29, 0.717) is 0 Å². The summed E-state index contributed by atoms with van der Waals surface area (Å²) >= 11 is 0. The first-order chi connectivity index (χ1) is 9.83. The molecule has 0 radical (unpaired) electrons. The minimum atomic E-state index is 0.877. The molecule has 1 fully saturated rings. The molecule has 1 aliphatic carbocycles. The van der Waals surface area contributed by atoms with Crippen LogP contribution >= 0.6 is 0 Å². The predicted molar refractivity (Wildman–Crippen MR) is 87.9 cm³/mol. The van der Waals surface area contributed by atoms with Crippen molar-refractivity contribution in [2.24, 2.45) is 17.8 Å². The SMILES string of the molecule is CCCC1CCC(CNCC)C(Cc2ccccc2)C1. The zero-order valence-electron chi connectivity index (χ0n) is 13.3. The quantitative estimate of drug-likeness (QED) is 0.761. The summed E-state index contributed by atoms with van der Waals surface area (Å²) in [5, 5.41) is 3.58. The molecule has 0 heterocycles. The molecule has 0 spiro atoms. The fourth-order valence-corrected chi connectivity index (χ4v) is 3.86. The summed E-state index contributed by atoms with van der Waals surface area (Å²) in [6.45, 7) is 6.87. The number of rotatable bonds is 7. The Morgan fingerprint density at radius 1 is 1.05 bits per heavy atom. The number of hydrogen-bond acceptors (Lipinski definition) is 1. The van der Waals surface area contributed by atoms with Crippen molar-refractivity contribution in [1.29, 1.82) is 0 Å². The van der Waals surface area contributed by atoms with Crippen LogP contribution < -0.4 is 5.32 Å². The molecule has 1 aromatic carbocycles. The maximum Gasteiger partial charge on any atom is -0.00179 e. The van der Waals surface area contributed by atoms with E-state index in [1.165, 1.54) is 50.6 Å². The summed E-state index contributed by atoms with van der Waals surface area (Å²) in [6.07, 6.45) is 8.38. The van der Waals surface area contributed by atoms with Gasteiger partial charge in [0.15, 0.2) is 0 Å². The van der Waals surface area contributed by atoms with Crippen molar-refractivity contribution in [3.8, 4) is 0 Å². The van der Waals surface area contributed by atoms with Gasteiger partial charge in [0.05, 0.1) is 0 Å². The van der Waals surface area contributed by atoms with E-state index in [-0.39, 0.29) is 0 Å². The molecule has 1 saturated carbocycles. The van der Waals surface area contributed by atoms with Gasteiger partial charge in [0.2, 0.25) is 0 Å². The highest BCUT2D eigenvalue weighted by Crippen LogP contribution is 2.37. The van der Waals surface area contributed by atoms with Crippen LogP contribution in [-0.4, -0.2) is 13.1 Å². The molecule has 0 bridgehead atoms. The first-order valence-electron chi connectivity index (χ1n) is 8.58. The zero-order valence-corrected chi connectivity index (χ0v) is 13.3. The van der Waals surface area contributed by atoms with Gasteiger partial charge in [0.25, 0.3) is 0 Å². The average molecular weight is 273 g/mol. The van der Waals surface area contributed by atoms with Gasteiger partial charge < -0.3 is 5.32 Å². The van der Waals surface area contributed by atoms with Crippen LogP contribution in [0.25, 0.3) is 0 Å². The van der Waals surface area contributed by atoms with Crippen LogP contribution in [0.3, 0.4) is 0 Å². The predicted octanol–water partition coefficient (Wildman–Crippen LogP) is 4.67. The average Bonchev–Trinajstić information content (AvgIpc) is 2.48. The minimum absolute atomic E-state index is 0.877. The van der Waals surface area contributed by atoms with Gasteiger partial charge in [0.1, 0.15) is 0 Å². The molecule has 1 aromatic rings. The van der Waals surface area contributed by atoms with Crippen molar-refractivity contribution in [2.75, 3.05) is 13.1 Å². The van der Waals surface area contributed by atoms with Crippen LogP contribution in [0.4, 0.5) is 0 Å². The summed E-state index contributed by atoms with van der Waals surface area (Å²) in [7, 11) is 0. The maximum absolute atomic E-state index is 3.58. The van der Waals surface area contributed by atoms with Crippen LogP contribution in [0.1, 0.15) is 51.5 Å². The summed E-state index contributed by atoms with van der Waals surface area (Å²) in [5.41, 5.74) is 1.52. The molecule has 0 aliphatic heterocycles. The molecular weight excluding hydrogens is 242 g/mol. The van der Waals surface area contributed by atoms with E-state index >= 15 is 0 Å². The molecular formula is C19H31N. The highest BCUT2D eigenvalue weighted by molar-refractivity contribution is 5.15. The van der Waals surface area contributed by atoms with Gasteiger partial charge in [-0.15, -0.1) is 0 Å². The standard InChI is InChI=1S/C19H31N/c1-3-8-16-11-12-18(15-20-4-2)19(13-16)14-17-9-6-5-7-10-17/h5-7,9-10,16,18-20H,3-4,8,11-15H2,1-2H3. The topological polar surface area (TPSA) is 12.0 Å². The van der Waals surface area contributed by atoms with Crippen LogP contribution in [0.5, 0.6) is 0 Å². The van der Waals surface area contributed by atoms with E-state index < -0.39 is 0 Å². The molecule has 0 aromatic heterocycles. The van der Waals surface area contributed by atoms with Crippen molar-refractivity contribution in [3.63, 3.8) is 0 Å². The second-order valence-electron chi connectivity index (χ2n) is 6.49. The Balaban J connectivity index is 1.97. The lowest BCUT2D eigenvalue weighted by Crippen LogP contribution is -2.34. The van der Waals surface area contributed by atoms with E-state index in [1.54, 1.807) is 0 Å². The Morgan fingerprint density at radius 3 is 2.55 bits per heavy atom. The maximum atomic E-state index is 3.58. The fourth-order valence-electron chi connectivity index (χ4n) is 3.86. The van der Waals surface area contributed by atoms with Gasteiger partial charge in [-0.3, -0.25) is 0 Å². The molecule has 112 valence electrons. The van der Waals surface area contributed by atoms with Gasteiger partial charge in [-0.2, -0.15) is 0 Å². The van der Waals surface area contributed by atoms with Crippen LogP contribution in [0.15, 0.2) is 30.3 Å². The normalized spacial score (nSPS) is 26.6. The molecule has 20 heavy (non-hydrogen) atoms. The summed E-state index contributed by atoms with van der Waals surface area (Å²) in [5.74, 6) is 2.73. The lowest BCUT2D eigenvalue weighted by molar-refractivity contribution is 0.168. The second-order valence-corrected chi connectivity index (χ2v) is 6.49. The Labute approximate surface area is 125 Å². The van der Waals surface area contributed by atoms with Crippen molar-refractivity contribution in [2.45, 2.75) is 52.4 Å². The Bertz CT molecular complexity index is 359. The van der Waals surface area contributed by atoms with E-state index in [1.807, 2.05) is 0 Å². The van der Waals surface area contributed by atoms with E-state index in [0.717, 1.165) is 24.3 Å². The Kier molecular flexibility index (Phi) is 6.59. The monoisotopic (exact) mass is 273 g/mol. The number of benzene rings is 1. The number of nitrogens with one attached hydrogen (secondary N) is 1. The van der Waals surface area contributed by atoms with Gasteiger partial charge in [0, 0.05) is 0 Å². The van der Waals surface area contributed by atoms with Crippen LogP contribution in [0.2, 0.25) is 0 Å². The lowest BCUT2D eigenvalue weighted by Gasteiger charge is -2.36. The van der Waals surface area contributed by atoms with E-state index in [9.17, 15) is 0 Å². The zero-order chi connectivity index (χ0) is 14.2. The third-order valence-corrected chi connectivity index (χ3v) is 4.94. The lowest BCUT2D eigenvalue weighted by atomic mass is 9.70. The third kappa shape index (κ3) is 4.63. The molecule has 1 nitrogen and oxygen atoms in total. The first-order valence-corrected chi connectivity index (χ1v) is 8.58. The van der Waals surface area contributed by atoms with E-state index in [2.05, 4.69) is 49.5 Å². The highest BCUT2D eigenvalue weighted by atomic mass is 14.8. The van der Waals surface area contributed by atoms with Gasteiger partial charge in [-0.1, -0.05) is 63.4 Å². The molecule has 0 saturated heterocycles. The van der Waals surface area contributed by atoms with Crippen molar-refractivity contribution in [3.05, 3.63) is 35.9 Å². The fraction of sp³-hybridized carbons (Fsp3) is 0.684. The smallest absolute Gasteiger partial charge is 0.00179 e. The molecule has 3 atom stereocenters. The molecule has 0 amide bonds. The summed E-state index contributed by atoms with van der Waals surface area (Å²) < 4.78 is 0. The second kappa shape index (κ2) is 8.46. The van der Waals surface area contributed by atoms with Gasteiger partial charge >= 0.3 is 0 Å². The van der Waals surface area contributed by atoms with Gasteiger partial charge in [-0.05, 0) is 55.7 Å². The molecule has 1 heteroatoms. The van der Waals surface area contributed by atoms with Crippen LogP contribution in [0, 0.1) is 17.8 Å². The van der Waals surface area contributed by atoms with E-state index in [4.69, 9.17) is 0 Å².